The Bertz CT molecular complexity index is 1230. The number of rotatable bonds is 5. The molecule has 3 aromatic rings. The van der Waals surface area contributed by atoms with E-state index in [1.807, 2.05) is 31.2 Å². The molecular weight excluding hydrogens is 428 g/mol. The molecule has 168 valence electrons. The minimum atomic E-state index is -4.80. The van der Waals surface area contributed by atoms with Crippen LogP contribution in [-0.2, 0) is 19.6 Å². The molecule has 2 aromatic carbocycles. The average Bonchev–Trinajstić information content (AvgIpc) is 2.71. The van der Waals surface area contributed by atoms with Crippen molar-refractivity contribution in [2.45, 2.75) is 19.5 Å². The van der Waals surface area contributed by atoms with Gasteiger partial charge in [0.15, 0.2) is 5.75 Å². The van der Waals surface area contributed by atoms with E-state index < -0.39 is 40.3 Å². The Kier molecular flexibility index (Phi) is 6.38. The zero-order chi connectivity index (χ0) is 23.6. The van der Waals surface area contributed by atoms with Gasteiger partial charge in [0, 0.05) is 19.2 Å². The molecule has 1 aromatic heterocycles. The number of nitrogens with one attached hydrogen (secondary N) is 1. The van der Waals surface area contributed by atoms with E-state index in [0.29, 0.717) is 18.6 Å². The molecule has 0 aliphatic rings. The summed E-state index contributed by atoms with van der Waals surface area (Å²) in [5, 5.41) is 12.7. The zero-order valence-electron chi connectivity index (χ0n) is 17.3. The summed E-state index contributed by atoms with van der Waals surface area (Å²) in [7, 11) is 1.20. The molecule has 1 heterocycles. The summed E-state index contributed by atoms with van der Waals surface area (Å²) in [5.41, 5.74) is -1.03. The number of pyridine rings is 1. The molecule has 0 aliphatic carbocycles. The Balaban J connectivity index is 1.93. The van der Waals surface area contributed by atoms with Crippen molar-refractivity contribution >= 4 is 5.91 Å². The number of halogens is 4. The number of aryl methyl sites for hydroxylation is 1. The molecule has 0 fully saturated rings. The van der Waals surface area contributed by atoms with Gasteiger partial charge in [-0.1, -0.05) is 29.8 Å². The van der Waals surface area contributed by atoms with Gasteiger partial charge in [0.05, 0.1) is 16.8 Å². The molecule has 1 amide bonds. The monoisotopic (exact) mass is 448 g/mol. The van der Waals surface area contributed by atoms with Crippen molar-refractivity contribution in [2.24, 2.45) is 7.05 Å². The number of carbonyl (C=O) groups excluding carboxylic acids is 1. The van der Waals surface area contributed by atoms with Crippen LogP contribution in [0.2, 0.25) is 0 Å². The molecule has 5 nitrogen and oxygen atoms in total. The number of aromatic hydroxyl groups is 1. The summed E-state index contributed by atoms with van der Waals surface area (Å²) >= 11 is 0. The van der Waals surface area contributed by atoms with Gasteiger partial charge >= 0.3 is 6.18 Å². The van der Waals surface area contributed by atoms with Crippen molar-refractivity contribution in [1.29, 1.82) is 0 Å². The number of hydrogen-bond acceptors (Lipinski definition) is 3. The number of carbonyl (C=O) groups is 1. The number of aromatic nitrogens is 1. The van der Waals surface area contributed by atoms with Gasteiger partial charge < -0.3 is 15.0 Å². The van der Waals surface area contributed by atoms with E-state index in [2.05, 4.69) is 5.32 Å². The third kappa shape index (κ3) is 4.99. The molecule has 0 bridgehead atoms. The molecule has 3 rings (SSSR count). The third-order valence-corrected chi connectivity index (χ3v) is 4.95. The summed E-state index contributed by atoms with van der Waals surface area (Å²) in [6, 6.07) is 10.5. The fraction of sp³-hybridized carbons (Fsp3) is 0.217. The van der Waals surface area contributed by atoms with Crippen molar-refractivity contribution in [1.82, 2.24) is 9.88 Å². The van der Waals surface area contributed by atoms with E-state index >= 15 is 0 Å². The lowest BCUT2D eigenvalue weighted by molar-refractivity contribution is -0.137. The topological polar surface area (TPSA) is 71.3 Å². The molecular formula is C23H20F4N2O3. The second-order valence-corrected chi connectivity index (χ2v) is 7.38. The fourth-order valence-electron chi connectivity index (χ4n) is 3.32. The maximum absolute atomic E-state index is 13.9. The van der Waals surface area contributed by atoms with Crippen molar-refractivity contribution in [3.8, 4) is 17.0 Å². The molecule has 32 heavy (non-hydrogen) atoms. The van der Waals surface area contributed by atoms with Gasteiger partial charge in [-0.3, -0.25) is 9.59 Å². The quantitative estimate of drug-likeness (QED) is 0.575. The Morgan fingerprint density at radius 1 is 1.12 bits per heavy atom. The highest BCUT2D eigenvalue weighted by Gasteiger charge is 2.32. The molecule has 0 spiro atoms. The van der Waals surface area contributed by atoms with Gasteiger partial charge in [-0.05, 0) is 43.2 Å². The van der Waals surface area contributed by atoms with Crippen LogP contribution in [0.3, 0.4) is 0 Å². The summed E-state index contributed by atoms with van der Waals surface area (Å²) < 4.78 is 53.9. The van der Waals surface area contributed by atoms with Gasteiger partial charge in [-0.2, -0.15) is 13.2 Å². The van der Waals surface area contributed by atoms with E-state index in [1.165, 1.54) is 7.05 Å². The Morgan fingerprint density at radius 3 is 2.50 bits per heavy atom. The first-order valence-corrected chi connectivity index (χ1v) is 9.62. The van der Waals surface area contributed by atoms with Crippen LogP contribution in [0.4, 0.5) is 17.6 Å². The summed E-state index contributed by atoms with van der Waals surface area (Å²) in [5.74, 6) is -2.78. The minimum absolute atomic E-state index is 0.151. The van der Waals surface area contributed by atoms with Crippen molar-refractivity contribution in [3.05, 3.63) is 87.0 Å². The van der Waals surface area contributed by atoms with Gasteiger partial charge in [-0.15, -0.1) is 0 Å². The largest absolute Gasteiger partial charge is 0.502 e. The maximum Gasteiger partial charge on any atom is 0.416 e. The molecule has 0 radical (unpaired) electrons. The molecule has 0 atom stereocenters. The van der Waals surface area contributed by atoms with Crippen LogP contribution < -0.4 is 10.9 Å². The van der Waals surface area contributed by atoms with Gasteiger partial charge in [0.2, 0.25) is 0 Å². The highest BCUT2D eigenvalue weighted by molar-refractivity contribution is 5.97. The van der Waals surface area contributed by atoms with Crippen LogP contribution in [0.5, 0.6) is 5.75 Å². The van der Waals surface area contributed by atoms with Gasteiger partial charge in [0.25, 0.3) is 11.5 Å². The second kappa shape index (κ2) is 8.86. The number of hydrogen-bond donors (Lipinski definition) is 2. The zero-order valence-corrected chi connectivity index (χ0v) is 17.3. The second-order valence-electron chi connectivity index (χ2n) is 7.38. The minimum Gasteiger partial charge on any atom is -0.502 e. The standard InChI is InChI=1S/C23H20F4N2O3/c1-13-4-3-5-14(8-13)6-7-28-21(31)18-12-19(29(2)22(32)20(18)30)15-9-16(23(25,26)27)11-17(24)10-15/h3-5,8-12,30H,6-7H2,1-2H3,(H,28,31). The van der Waals surface area contributed by atoms with E-state index in [-0.39, 0.29) is 17.8 Å². The maximum atomic E-state index is 13.9. The summed E-state index contributed by atoms with van der Waals surface area (Å²) in [4.78, 5) is 25.0. The first kappa shape index (κ1) is 23.1. The smallest absolute Gasteiger partial charge is 0.416 e. The van der Waals surface area contributed by atoms with Crippen molar-refractivity contribution in [2.75, 3.05) is 6.54 Å². The number of nitrogens with zero attached hydrogens (tertiary/aromatic N) is 1. The lowest BCUT2D eigenvalue weighted by atomic mass is 10.0. The van der Waals surface area contributed by atoms with E-state index in [9.17, 15) is 32.3 Å². The van der Waals surface area contributed by atoms with Crippen LogP contribution in [0.1, 0.15) is 27.0 Å². The van der Waals surface area contributed by atoms with Crippen LogP contribution in [0, 0.1) is 12.7 Å². The lowest BCUT2D eigenvalue weighted by Crippen LogP contribution is -2.29. The van der Waals surface area contributed by atoms with E-state index in [4.69, 9.17) is 0 Å². The number of amides is 1. The molecule has 0 saturated heterocycles. The molecule has 0 aliphatic heterocycles. The predicted octanol–water partition coefficient (Wildman–Crippen LogP) is 4.20. The predicted molar refractivity (Wildman–Crippen MR) is 111 cm³/mol. The van der Waals surface area contributed by atoms with Crippen molar-refractivity contribution < 1.29 is 27.5 Å². The lowest BCUT2D eigenvalue weighted by Gasteiger charge is -2.15. The highest BCUT2D eigenvalue weighted by atomic mass is 19.4. The first-order valence-electron chi connectivity index (χ1n) is 9.62. The summed E-state index contributed by atoms with van der Waals surface area (Å²) in [6.07, 6.45) is -4.31. The van der Waals surface area contributed by atoms with Crippen LogP contribution in [-0.4, -0.2) is 22.1 Å². The number of benzene rings is 2. The third-order valence-electron chi connectivity index (χ3n) is 4.95. The molecule has 0 unspecified atom stereocenters. The van der Waals surface area contributed by atoms with Crippen molar-refractivity contribution in [3.63, 3.8) is 0 Å². The normalized spacial score (nSPS) is 11.4. The van der Waals surface area contributed by atoms with Crippen LogP contribution in [0.25, 0.3) is 11.3 Å². The Hall–Kier alpha value is -3.62. The summed E-state index contributed by atoms with van der Waals surface area (Å²) in [6.45, 7) is 2.13. The van der Waals surface area contributed by atoms with Crippen LogP contribution in [0.15, 0.2) is 53.3 Å². The molecule has 9 heteroatoms. The van der Waals surface area contributed by atoms with E-state index in [0.717, 1.165) is 27.8 Å². The van der Waals surface area contributed by atoms with Gasteiger partial charge in [0.1, 0.15) is 5.82 Å². The first-order chi connectivity index (χ1) is 15.0. The highest BCUT2D eigenvalue weighted by Crippen LogP contribution is 2.33. The number of alkyl halides is 3. The fourth-order valence-corrected chi connectivity index (χ4v) is 3.32. The van der Waals surface area contributed by atoms with Crippen LogP contribution >= 0.6 is 0 Å². The molecule has 2 N–H and O–H groups in total. The SMILES string of the molecule is Cc1cccc(CCNC(=O)c2cc(-c3cc(F)cc(C(F)(F)F)c3)n(C)c(=O)c2O)c1. The average molecular weight is 448 g/mol. The van der Waals surface area contributed by atoms with E-state index in [1.54, 1.807) is 0 Å². The Morgan fingerprint density at radius 2 is 1.84 bits per heavy atom. The molecule has 0 saturated carbocycles. The Labute approximate surface area is 180 Å². The van der Waals surface area contributed by atoms with Gasteiger partial charge in [-0.25, -0.2) is 4.39 Å².